The summed E-state index contributed by atoms with van der Waals surface area (Å²) in [5, 5.41) is 0. The predicted molar refractivity (Wildman–Crippen MR) is 63.0 cm³/mol. The molecule has 0 radical (unpaired) electrons. The highest BCUT2D eigenvalue weighted by molar-refractivity contribution is 7.80. The molecule has 0 aliphatic heterocycles. The summed E-state index contributed by atoms with van der Waals surface area (Å²) in [5.74, 6) is -2.59. The van der Waals surface area contributed by atoms with Crippen LogP contribution in [0.3, 0.4) is 0 Å². The van der Waals surface area contributed by atoms with E-state index in [1.165, 1.54) is 12.1 Å². The second-order valence-corrected chi connectivity index (χ2v) is 4.19. The molecule has 2 nitrogen and oxygen atoms in total. The van der Waals surface area contributed by atoms with Gasteiger partial charge in [0.25, 0.3) is 0 Å². The van der Waals surface area contributed by atoms with Crippen molar-refractivity contribution in [2.75, 3.05) is 6.61 Å². The van der Waals surface area contributed by atoms with E-state index in [4.69, 9.17) is 10.5 Å². The zero-order valence-corrected chi connectivity index (χ0v) is 10.2. The lowest BCUT2D eigenvalue weighted by Gasteiger charge is -2.20. The Balaban J connectivity index is 2.79. The van der Waals surface area contributed by atoms with E-state index in [0.717, 1.165) is 6.07 Å². The molecule has 1 unspecified atom stereocenters. The fourth-order valence-corrected chi connectivity index (χ4v) is 1.44. The van der Waals surface area contributed by atoms with Crippen molar-refractivity contribution in [1.29, 1.82) is 0 Å². The van der Waals surface area contributed by atoms with Gasteiger partial charge in [-0.15, -0.1) is 0 Å². The lowest BCUT2D eigenvalue weighted by molar-refractivity contribution is -0.161. The quantitative estimate of drug-likeness (QED) is 0.680. The maximum atomic E-state index is 12.9. The molecular weight excluding hydrogens is 270 g/mol. The fraction of sp³-hybridized carbons (Fsp3) is 0.364. The van der Waals surface area contributed by atoms with Gasteiger partial charge in [-0.1, -0.05) is 18.3 Å². The summed E-state index contributed by atoms with van der Waals surface area (Å²) in [6.07, 6.45) is -4.58. The maximum Gasteiger partial charge on any atom is 0.401 e. The molecule has 1 aromatic rings. The smallest absolute Gasteiger partial charge is 0.401 e. The Morgan fingerprint density at radius 3 is 2.56 bits per heavy atom. The molecule has 2 N–H and O–H groups in total. The second kappa shape index (κ2) is 5.51. The van der Waals surface area contributed by atoms with Crippen LogP contribution >= 0.6 is 12.2 Å². The number of benzene rings is 1. The van der Waals surface area contributed by atoms with Crippen LogP contribution in [0.1, 0.15) is 5.56 Å². The minimum Gasteiger partial charge on any atom is -0.492 e. The van der Waals surface area contributed by atoms with Crippen LogP contribution in [0.15, 0.2) is 18.2 Å². The minimum absolute atomic E-state index is 0.0421. The van der Waals surface area contributed by atoms with Gasteiger partial charge in [-0.05, 0) is 18.6 Å². The average Bonchev–Trinajstić information content (AvgIpc) is 2.20. The molecule has 0 saturated heterocycles. The van der Waals surface area contributed by atoms with E-state index < -0.39 is 29.5 Å². The number of hydrogen-bond acceptors (Lipinski definition) is 2. The lowest BCUT2D eigenvalue weighted by atomic mass is 10.1. The Morgan fingerprint density at radius 2 is 2.06 bits per heavy atom. The molecule has 1 aromatic carbocycles. The summed E-state index contributed by atoms with van der Waals surface area (Å²) in [6, 6.07) is 3.62. The van der Waals surface area contributed by atoms with Crippen molar-refractivity contribution >= 4 is 17.2 Å². The highest BCUT2D eigenvalue weighted by Crippen LogP contribution is 2.28. The lowest BCUT2D eigenvalue weighted by Crippen LogP contribution is -2.38. The zero-order valence-electron chi connectivity index (χ0n) is 9.42. The standard InChI is InChI=1S/C11H11F4NOS/c1-6-2-3-7(12)4-9(6)17-5-8(10(16)18)11(13,14)15/h2-4,8H,5H2,1H3,(H2,16,18). The van der Waals surface area contributed by atoms with Crippen LogP contribution in [0, 0.1) is 18.7 Å². The topological polar surface area (TPSA) is 35.2 Å². The third-order valence-corrected chi connectivity index (χ3v) is 2.58. The SMILES string of the molecule is Cc1ccc(F)cc1OCC(C(N)=S)C(F)(F)F. The first-order chi connectivity index (χ1) is 8.21. The number of alkyl halides is 3. The van der Waals surface area contributed by atoms with Gasteiger partial charge in [-0.25, -0.2) is 4.39 Å². The van der Waals surface area contributed by atoms with E-state index in [-0.39, 0.29) is 5.75 Å². The third kappa shape index (κ3) is 3.83. The van der Waals surface area contributed by atoms with Crippen LogP contribution in [-0.2, 0) is 0 Å². The molecule has 0 bridgehead atoms. The summed E-state index contributed by atoms with van der Waals surface area (Å²) in [6.45, 7) is 0.835. The van der Waals surface area contributed by atoms with E-state index in [2.05, 4.69) is 12.2 Å². The van der Waals surface area contributed by atoms with E-state index in [0.29, 0.717) is 5.56 Å². The molecule has 0 amide bonds. The van der Waals surface area contributed by atoms with Crippen molar-refractivity contribution < 1.29 is 22.3 Å². The number of thiocarbonyl (C=S) groups is 1. The fourth-order valence-electron chi connectivity index (χ4n) is 1.24. The van der Waals surface area contributed by atoms with Gasteiger partial charge in [0.2, 0.25) is 0 Å². The molecule has 0 aliphatic carbocycles. The van der Waals surface area contributed by atoms with Crippen LogP contribution in [0.25, 0.3) is 0 Å². The van der Waals surface area contributed by atoms with Crippen molar-refractivity contribution in [3.05, 3.63) is 29.6 Å². The number of nitrogens with two attached hydrogens (primary N) is 1. The van der Waals surface area contributed by atoms with Crippen LogP contribution < -0.4 is 10.5 Å². The third-order valence-electron chi connectivity index (χ3n) is 2.29. The number of halogens is 4. The van der Waals surface area contributed by atoms with E-state index >= 15 is 0 Å². The molecule has 7 heteroatoms. The summed E-state index contributed by atoms with van der Waals surface area (Å²) in [7, 11) is 0. The van der Waals surface area contributed by atoms with Gasteiger partial charge in [0.1, 0.15) is 24.1 Å². The van der Waals surface area contributed by atoms with E-state index in [1.54, 1.807) is 6.92 Å². The monoisotopic (exact) mass is 281 g/mol. The van der Waals surface area contributed by atoms with Gasteiger partial charge in [0.15, 0.2) is 0 Å². The molecular formula is C11H11F4NOS. The first kappa shape index (κ1) is 14.7. The van der Waals surface area contributed by atoms with Crippen LogP contribution in [0.4, 0.5) is 17.6 Å². The first-order valence-electron chi connectivity index (χ1n) is 4.97. The molecule has 0 aliphatic rings. The normalized spacial score (nSPS) is 13.2. The molecule has 0 spiro atoms. The van der Waals surface area contributed by atoms with Gasteiger partial charge >= 0.3 is 6.18 Å². The molecule has 100 valence electrons. The zero-order chi connectivity index (χ0) is 13.9. The molecule has 18 heavy (non-hydrogen) atoms. The number of aryl methyl sites for hydroxylation is 1. The van der Waals surface area contributed by atoms with Crippen LogP contribution in [-0.4, -0.2) is 17.8 Å². The Labute approximate surface area is 107 Å². The van der Waals surface area contributed by atoms with Crippen LogP contribution in [0.5, 0.6) is 5.75 Å². The summed E-state index contributed by atoms with van der Waals surface area (Å²) < 4.78 is 55.4. The number of hydrogen-bond donors (Lipinski definition) is 1. The highest BCUT2D eigenvalue weighted by atomic mass is 32.1. The molecule has 1 rings (SSSR count). The van der Waals surface area contributed by atoms with Gasteiger partial charge < -0.3 is 10.5 Å². The summed E-state index contributed by atoms with van der Waals surface area (Å²) in [4.78, 5) is -0.698. The molecule has 0 heterocycles. The molecule has 0 fully saturated rings. The second-order valence-electron chi connectivity index (χ2n) is 3.72. The summed E-state index contributed by atoms with van der Waals surface area (Å²) >= 11 is 4.34. The van der Waals surface area contributed by atoms with Gasteiger partial charge in [-0.3, -0.25) is 0 Å². The van der Waals surface area contributed by atoms with Crippen molar-refractivity contribution in [1.82, 2.24) is 0 Å². The Hall–Kier alpha value is -1.37. The maximum absolute atomic E-state index is 12.9. The molecule has 0 saturated carbocycles. The van der Waals surface area contributed by atoms with Crippen molar-refractivity contribution in [2.45, 2.75) is 13.1 Å². The first-order valence-corrected chi connectivity index (χ1v) is 5.37. The van der Waals surface area contributed by atoms with E-state index in [1.807, 2.05) is 0 Å². The largest absolute Gasteiger partial charge is 0.492 e. The predicted octanol–water partition coefficient (Wildman–Crippen LogP) is 2.98. The van der Waals surface area contributed by atoms with Gasteiger partial charge in [-0.2, -0.15) is 13.2 Å². The average molecular weight is 281 g/mol. The molecule has 0 aromatic heterocycles. The highest BCUT2D eigenvalue weighted by Gasteiger charge is 2.42. The van der Waals surface area contributed by atoms with Gasteiger partial charge in [0, 0.05) is 6.07 Å². The van der Waals surface area contributed by atoms with E-state index in [9.17, 15) is 17.6 Å². The minimum atomic E-state index is -4.58. The number of ether oxygens (including phenoxy) is 1. The number of rotatable bonds is 4. The molecule has 1 atom stereocenters. The van der Waals surface area contributed by atoms with Gasteiger partial charge in [0.05, 0.1) is 4.99 Å². The van der Waals surface area contributed by atoms with Crippen molar-refractivity contribution in [2.24, 2.45) is 11.7 Å². The van der Waals surface area contributed by atoms with Crippen LogP contribution in [0.2, 0.25) is 0 Å². The Kier molecular flexibility index (Phi) is 4.50. The Bertz CT molecular complexity index is 447. The van der Waals surface area contributed by atoms with Crippen molar-refractivity contribution in [3.8, 4) is 5.75 Å². The van der Waals surface area contributed by atoms with Crippen molar-refractivity contribution in [3.63, 3.8) is 0 Å². The Morgan fingerprint density at radius 1 is 1.44 bits per heavy atom. The summed E-state index contributed by atoms with van der Waals surface area (Å²) in [5.41, 5.74) is 5.54.